The summed E-state index contributed by atoms with van der Waals surface area (Å²) in [6.07, 6.45) is 0. The minimum absolute atomic E-state index is 0.334. The van der Waals surface area contributed by atoms with Crippen molar-refractivity contribution < 1.29 is 28.7 Å². The lowest BCUT2D eigenvalue weighted by Crippen LogP contribution is -2.46. The van der Waals surface area contributed by atoms with Gasteiger partial charge in [0.25, 0.3) is 11.8 Å². The quantitative estimate of drug-likeness (QED) is 0.492. The highest BCUT2D eigenvalue weighted by Crippen LogP contribution is 2.11. The van der Waals surface area contributed by atoms with Crippen LogP contribution in [0.4, 0.5) is 0 Å². The van der Waals surface area contributed by atoms with E-state index in [4.69, 9.17) is 9.47 Å². The Bertz CT molecular complexity index is 660. The molecule has 9 heteroatoms. The predicted molar refractivity (Wildman–Crippen MR) is 97.2 cm³/mol. The molecule has 0 saturated carbocycles. The topological polar surface area (TPSA) is 123 Å². The van der Waals surface area contributed by atoms with Crippen LogP contribution < -0.4 is 20.7 Å². The maximum Gasteiger partial charge on any atom is 0.325 e. The van der Waals surface area contributed by atoms with E-state index in [9.17, 15) is 19.2 Å². The molecule has 1 atom stereocenters. The number of amides is 3. The summed E-state index contributed by atoms with van der Waals surface area (Å²) in [4.78, 5) is 46.7. The third-order valence-electron chi connectivity index (χ3n) is 3.31. The number of esters is 1. The zero-order valence-corrected chi connectivity index (χ0v) is 15.7. The molecule has 0 radical (unpaired) electrons. The summed E-state index contributed by atoms with van der Waals surface area (Å²) < 4.78 is 10.0. The molecule has 0 spiro atoms. The number of benzene rings is 1. The number of nitrogens with one attached hydrogen (secondary N) is 3. The first-order valence-corrected chi connectivity index (χ1v) is 8.61. The summed E-state index contributed by atoms with van der Waals surface area (Å²) in [7, 11) is 0. The van der Waals surface area contributed by atoms with Crippen LogP contribution in [0.5, 0.6) is 5.75 Å². The number of rotatable bonds is 10. The van der Waals surface area contributed by atoms with Crippen molar-refractivity contribution in [2.45, 2.75) is 26.8 Å². The van der Waals surface area contributed by atoms with E-state index in [1.807, 2.05) is 6.92 Å². The minimum Gasteiger partial charge on any atom is -0.494 e. The molecule has 0 bridgehead atoms. The van der Waals surface area contributed by atoms with Crippen LogP contribution in [0.2, 0.25) is 0 Å². The van der Waals surface area contributed by atoms with Gasteiger partial charge in [0.2, 0.25) is 5.91 Å². The van der Waals surface area contributed by atoms with Crippen molar-refractivity contribution in [1.29, 1.82) is 0 Å². The molecule has 0 saturated heterocycles. The summed E-state index contributed by atoms with van der Waals surface area (Å²) in [5.41, 5.74) is 0.361. The lowest BCUT2D eigenvalue weighted by atomic mass is 10.2. The molecule has 9 nitrogen and oxygen atoms in total. The number of carbonyl (C=O) groups is 4. The van der Waals surface area contributed by atoms with E-state index in [0.717, 1.165) is 0 Å². The van der Waals surface area contributed by atoms with Crippen LogP contribution in [0.1, 0.15) is 31.1 Å². The molecular weight excluding hydrogens is 354 g/mol. The van der Waals surface area contributed by atoms with E-state index in [1.165, 1.54) is 6.92 Å². The highest BCUT2D eigenvalue weighted by Gasteiger charge is 2.16. The third-order valence-corrected chi connectivity index (χ3v) is 3.31. The Morgan fingerprint density at radius 1 is 1.04 bits per heavy atom. The summed E-state index contributed by atoms with van der Waals surface area (Å²) in [5.74, 6) is -1.53. The fourth-order valence-corrected chi connectivity index (χ4v) is 2.00. The Morgan fingerprint density at radius 2 is 1.70 bits per heavy atom. The lowest BCUT2D eigenvalue weighted by molar-refractivity contribution is -0.147. The Balaban J connectivity index is 2.32. The molecule has 0 aliphatic heterocycles. The molecule has 3 amide bonds. The van der Waals surface area contributed by atoms with E-state index >= 15 is 0 Å². The summed E-state index contributed by atoms with van der Waals surface area (Å²) in [6, 6.07) is 5.70. The average molecular weight is 379 g/mol. The highest BCUT2D eigenvalue weighted by atomic mass is 16.5. The van der Waals surface area contributed by atoms with E-state index in [2.05, 4.69) is 16.0 Å². The maximum atomic E-state index is 12.0. The molecular formula is C18H25N3O6. The van der Waals surface area contributed by atoms with Crippen molar-refractivity contribution in [2.24, 2.45) is 0 Å². The van der Waals surface area contributed by atoms with Gasteiger partial charge in [-0.2, -0.15) is 0 Å². The number of likely N-dealkylation sites (N-methyl/N-ethyl adjacent to an activating group) is 1. The van der Waals surface area contributed by atoms with Gasteiger partial charge >= 0.3 is 5.97 Å². The molecule has 1 aromatic rings. The maximum absolute atomic E-state index is 12.0. The van der Waals surface area contributed by atoms with Crippen LogP contribution in [0.15, 0.2) is 24.3 Å². The van der Waals surface area contributed by atoms with Gasteiger partial charge in [-0.3, -0.25) is 19.2 Å². The smallest absolute Gasteiger partial charge is 0.325 e. The summed E-state index contributed by atoms with van der Waals surface area (Å²) >= 11 is 0. The van der Waals surface area contributed by atoms with E-state index in [-0.39, 0.29) is 12.5 Å². The Kier molecular flexibility index (Phi) is 9.35. The van der Waals surface area contributed by atoms with Crippen LogP contribution in [-0.2, 0) is 19.1 Å². The predicted octanol–water partition coefficient (Wildman–Crippen LogP) is -0.000900. The largest absolute Gasteiger partial charge is 0.494 e. The second-order valence-electron chi connectivity index (χ2n) is 5.48. The second-order valence-corrected chi connectivity index (χ2v) is 5.48. The van der Waals surface area contributed by atoms with E-state index < -0.39 is 30.4 Å². The van der Waals surface area contributed by atoms with E-state index in [0.29, 0.717) is 24.5 Å². The molecule has 0 aromatic heterocycles. The lowest BCUT2D eigenvalue weighted by Gasteiger charge is -2.13. The van der Waals surface area contributed by atoms with Crippen LogP contribution in [-0.4, -0.2) is 56.0 Å². The van der Waals surface area contributed by atoms with E-state index in [1.54, 1.807) is 31.2 Å². The first-order valence-electron chi connectivity index (χ1n) is 8.61. The molecule has 27 heavy (non-hydrogen) atoms. The number of ether oxygens (including phenoxy) is 2. The fourth-order valence-electron chi connectivity index (χ4n) is 2.00. The van der Waals surface area contributed by atoms with Crippen LogP contribution in [0.25, 0.3) is 0 Å². The van der Waals surface area contributed by atoms with Crippen molar-refractivity contribution in [3.05, 3.63) is 29.8 Å². The fraction of sp³-hybridized carbons (Fsp3) is 0.444. The van der Waals surface area contributed by atoms with Crippen LogP contribution in [0, 0.1) is 0 Å². The third kappa shape index (κ3) is 8.21. The number of hydrogen-bond acceptors (Lipinski definition) is 6. The first kappa shape index (κ1) is 21.9. The van der Waals surface area contributed by atoms with Crippen LogP contribution >= 0.6 is 0 Å². The number of carbonyl (C=O) groups excluding carboxylic acids is 4. The van der Waals surface area contributed by atoms with Gasteiger partial charge in [-0.05, 0) is 45.0 Å². The number of hydrogen-bond donors (Lipinski definition) is 3. The molecule has 0 unspecified atom stereocenters. The van der Waals surface area contributed by atoms with Crippen molar-refractivity contribution >= 4 is 23.7 Å². The summed E-state index contributed by atoms with van der Waals surface area (Å²) in [5, 5.41) is 7.36. The van der Waals surface area contributed by atoms with Crippen LogP contribution in [0.3, 0.4) is 0 Å². The molecule has 1 rings (SSSR count). The monoisotopic (exact) mass is 379 g/mol. The molecule has 0 fully saturated rings. The second kappa shape index (κ2) is 11.5. The van der Waals surface area contributed by atoms with Gasteiger partial charge in [0.15, 0.2) is 6.61 Å². The molecule has 0 heterocycles. The molecule has 148 valence electrons. The van der Waals surface area contributed by atoms with Gasteiger partial charge in [-0.15, -0.1) is 0 Å². The SMILES string of the molecule is CCNC(=O)[C@H](C)NC(=O)COC(=O)CNC(=O)c1ccc(OCC)cc1. The Labute approximate surface area is 157 Å². The Hall–Kier alpha value is -3.10. The normalized spacial score (nSPS) is 11.1. The molecule has 3 N–H and O–H groups in total. The zero-order chi connectivity index (χ0) is 20.2. The molecule has 1 aromatic carbocycles. The first-order chi connectivity index (χ1) is 12.9. The standard InChI is InChI=1S/C18H25N3O6/c1-4-19-17(24)12(3)21-15(22)11-27-16(23)10-20-18(25)13-6-8-14(9-7-13)26-5-2/h6-9,12H,4-5,10-11H2,1-3H3,(H,19,24)(H,20,25)(H,21,22)/t12-/m0/s1. The highest BCUT2D eigenvalue weighted by molar-refractivity contribution is 5.96. The van der Waals surface area contributed by atoms with Crippen molar-refractivity contribution in [2.75, 3.05) is 26.3 Å². The molecule has 0 aliphatic rings. The van der Waals surface area contributed by atoms with Crippen molar-refractivity contribution in [3.8, 4) is 5.75 Å². The van der Waals surface area contributed by atoms with Gasteiger partial charge in [0, 0.05) is 12.1 Å². The molecule has 0 aliphatic carbocycles. The van der Waals surface area contributed by atoms with Gasteiger partial charge < -0.3 is 25.4 Å². The minimum atomic E-state index is -0.768. The Morgan fingerprint density at radius 3 is 2.30 bits per heavy atom. The van der Waals surface area contributed by atoms with Gasteiger partial charge in [-0.25, -0.2) is 0 Å². The van der Waals surface area contributed by atoms with Crippen molar-refractivity contribution in [1.82, 2.24) is 16.0 Å². The van der Waals surface area contributed by atoms with Gasteiger partial charge in [0.05, 0.1) is 6.61 Å². The zero-order valence-electron chi connectivity index (χ0n) is 15.7. The van der Waals surface area contributed by atoms with Gasteiger partial charge in [-0.1, -0.05) is 0 Å². The van der Waals surface area contributed by atoms with Crippen molar-refractivity contribution in [3.63, 3.8) is 0 Å². The average Bonchev–Trinajstić information content (AvgIpc) is 2.65. The summed E-state index contributed by atoms with van der Waals surface area (Å²) in [6.45, 7) is 5.17. The van der Waals surface area contributed by atoms with Gasteiger partial charge in [0.1, 0.15) is 18.3 Å².